The van der Waals surface area contributed by atoms with Crippen LogP contribution in [0.15, 0.2) is 41.3 Å². The van der Waals surface area contributed by atoms with Gasteiger partial charge in [0, 0.05) is 6.20 Å². The number of methoxy groups -OCH3 is 1. The molecular weight excluding hydrogens is 364 g/mol. The summed E-state index contributed by atoms with van der Waals surface area (Å²) in [6.45, 7) is -3.65. The molecule has 140 valence electrons. The van der Waals surface area contributed by atoms with Crippen molar-refractivity contribution in [2.75, 3.05) is 12.4 Å². The molecule has 1 amide bonds. The molecule has 1 aromatic carbocycles. The van der Waals surface area contributed by atoms with E-state index in [-0.39, 0.29) is 22.6 Å². The zero-order chi connectivity index (χ0) is 20.0. The standard InChI is InChI=1S/C17H13F2N3O5/c1-26-16(25)11-6-10(7-20)15(24)22(8-11)9-14(23)21-12-4-2-3-5-13(12)27-17(18)19/h2-6,8,17H,9H2,1H3,(H,21,23). The number of rotatable bonds is 6. The van der Waals surface area contributed by atoms with Crippen LogP contribution in [0.3, 0.4) is 0 Å². The van der Waals surface area contributed by atoms with Crippen LogP contribution in [0.25, 0.3) is 0 Å². The van der Waals surface area contributed by atoms with Crippen molar-refractivity contribution in [2.24, 2.45) is 0 Å². The predicted molar refractivity (Wildman–Crippen MR) is 88.5 cm³/mol. The Morgan fingerprint density at radius 3 is 2.67 bits per heavy atom. The topological polar surface area (TPSA) is 110 Å². The van der Waals surface area contributed by atoms with Crippen LogP contribution in [-0.4, -0.2) is 30.2 Å². The van der Waals surface area contributed by atoms with Crippen LogP contribution in [-0.2, 0) is 16.1 Å². The van der Waals surface area contributed by atoms with Crippen LogP contribution in [0, 0.1) is 11.3 Å². The van der Waals surface area contributed by atoms with Gasteiger partial charge in [-0.15, -0.1) is 0 Å². The predicted octanol–water partition coefficient (Wildman–Crippen LogP) is 1.75. The molecular formula is C17H13F2N3O5. The highest BCUT2D eigenvalue weighted by Gasteiger charge is 2.16. The number of esters is 1. The Labute approximate surface area is 151 Å². The number of nitriles is 1. The molecule has 1 N–H and O–H groups in total. The van der Waals surface area contributed by atoms with Crippen molar-refractivity contribution >= 4 is 17.6 Å². The van der Waals surface area contributed by atoms with E-state index in [0.29, 0.717) is 0 Å². The van der Waals surface area contributed by atoms with Gasteiger partial charge in [0.05, 0.1) is 18.4 Å². The van der Waals surface area contributed by atoms with E-state index in [0.717, 1.165) is 23.9 Å². The Morgan fingerprint density at radius 2 is 2.04 bits per heavy atom. The minimum Gasteiger partial charge on any atom is -0.465 e. The number of nitrogens with zero attached hydrogens (tertiary/aromatic N) is 2. The molecule has 2 rings (SSSR count). The fourth-order valence-corrected chi connectivity index (χ4v) is 2.18. The van der Waals surface area contributed by atoms with Gasteiger partial charge >= 0.3 is 12.6 Å². The van der Waals surface area contributed by atoms with E-state index in [2.05, 4.69) is 14.8 Å². The molecule has 0 aliphatic rings. The van der Waals surface area contributed by atoms with E-state index in [4.69, 9.17) is 5.26 Å². The molecule has 1 aromatic heterocycles. The summed E-state index contributed by atoms with van der Waals surface area (Å²) in [5.74, 6) is -1.81. The molecule has 0 radical (unpaired) electrons. The van der Waals surface area contributed by atoms with E-state index in [1.54, 1.807) is 6.07 Å². The molecule has 0 saturated heterocycles. The Bertz CT molecular complexity index is 966. The SMILES string of the molecule is COC(=O)c1cc(C#N)c(=O)n(CC(=O)Nc2ccccc2OC(F)F)c1. The number of pyridine rings is 1. The van der Waals surface area contributed by atoms with Crippen molar-refractivity contribution in [2.45, 2.75) is 13.2 Å². The number of amides is 1. The quantitative estimate of drug-likeness (QED) is 0.768. The van der Waals surface area contributed by atoms with Gasteiger partial charge in [0.2, 0.25) is 5.91 Å². The summed E-state index contributed by atoms with van der Waals surface area (Å²) in [5.41, 5.74) is -1.27. The summed E-state index contributed by atoms with van der Waals surface area (Å²) >= 11 is 0. The maximum absolute atomic E-state index is 12.4. The molecule has 0 saturated carbocycles. The number of benzene rings is 1. The summed E-state index contributed by atoms with van der Waals surface area (Å²) in [4.78, 5) is 36.0. The lowest BCUT2D eigenvalue weighted by molar-refractivity contribution is -0.116. The van der Waals surface area contributed by atoms with Crippen LogP contribution in [0.2, 0.25) is 0 Å². The minimum absolute atomic E-state index is 0.0273. The van der Waals surface area contributed by atoms with Gasteiger partial charge in [-0.3, -0.25) is 9.59 Å². The molecule has 0 bridgehead atoms. The Hall–Kier alpha value is -3.74. The summed E-state index contributed by atoms with van der Waals surface area (Å²) in [6, 6.07) is 8.19. The molecule has 10 heteroatoms. The molecule has 27 heavy (non-hydrogen) atoms. The molecule has 0 aliphatic carbocycles. The van der Waals surface area contributed by atoms with E-state index in [1.807, 2.05) is 0 Å². The second-order valence-corrected chi connectivity index (χ2v) is 5.10. The number of anilines is 1. The molecule has 2 aromatic rings. The highest BCUT2D eigenvalue weighted by Crippen LogP contribution is 2.25. The largest absolute Gasteiger partial charge is 0.465 e. The lowest BCUT2D eigenvalue weighted by Gasteiger charge is -2.13. The first-order valence-corrected chi connectivity index (χ1v) is 7.42. The lowest BCUT2D eigenvalue weighted by atomic mass is 10.2. The van der Waals surface area contributed by atoms with Crippen LogP contribution < -0.4 is 15.6 Å². The van der Waals surface area contributed by atoms with Crippen molar-refractivity contribution in [1.82, 2.24) is 4.57 Å². The van der Waals surface area contributed by atoms with Gasteiger partial charge in [0.15, 0.2) is 0 Å². The first-order chi connectivity index (χ1) is 12.8. The Kier molecular flexibility index (Phi) is 6.22. The number of carbonyl (C=O) groups excluding carboxylic acids is 2. The number of alkyl halides is 2. The van der Waals surface area contributed by atoms with E-state index in [9.17, 15) is 23.2 Å². The average Bonchev–Trinajstić information content (AvgIpc) is 2.63. The zero-order valence-corrected chi connectivity index (χ0v) is 13.9. The number of aromatic nitrogens is 1. The molecule has 0 aliphatic heterocycles. The van der Waals surface area contributed by atoms with Gasteiger partial charge in [-0.1, -0.05) is 12.1 Å². The molecule has 0 atom stereocenters. The average molecular weight is 377 g/mol. The maximum atomic E-state index is 12.4. The molecule has 0 unspecified atom stereocenters. The third kappa shape index (κ3) is 4.88. The fourth-order valence-electron chi connectivity index (χ4n) is 2.18. The van der Waals surface area contributed by atoms with Gasteiger partial charge < -0.3 is 19.4 Å². The summed E-state index contributed by atoms with van der Waals surface area (Å²) in [6.07, 6.45) is 1.07. The molecule has 0 fully saturated rings. The van der Waals surface area contributed by atoms with Crippen LogP contribution in [0.1, 0.15) is 15.9 Å². The van der Waals surface area contributed by atoms with Gasteiger partial charge in [-0.2, -0.15) is 14.0 Å². The first kappa shape index (κ1) is 19.6. The van der Waals surface area contributed by atoms with Crippen LogP contribution in [0.4, 0.5) is 14.5 Å². The fraction of sp³-hybridized carbons (Fsp3) is 0.176. The van der Waals surface area contributed by atoms with Crippen LogP contribution >= 0.6 is 0 Å². The third-order valence-electron chi connectivity index (χ3n) is 3.32. The van der Waals surface area contributed by atoms with Crippen LogP contribution in [0.5, 0.6) is 5.75 Å². The smallest absolute Gasteiger partial charge is 0.387 e. The van der Waals surface area contributed by atoms with Gasteiger partial charge in [-0.05, 0) is 18.2 Å². The first-order valence-electron chi connectivity index (χ1n) is 7.42. The van der Waals surface area contributed by atoms with Gasteiger partial charge in [0.25, 0.3) is 5.56 Å². The van der Waals surface area contributed by atoms with Crippen molar-refractivity contribution in [1.29, 1.82) is 5.26 Å². The number of halogens is 2. The van der Waals surface area contributed by atoms with Crippen molar-refractivity contribution < 1.29 is 27.8 Å². The molecule has 0 spiro atoms. The number of carbonyl (C=O) groups is 2. The van der Waals surface area contributed by atoms with E-state index >= 15 is 0 Å². The number of nitrogens with one attached hydrogen (secondary N) is 1. The summed E-state index contributed by atoms with van der Waals surface area (Å²) < 4.78 is 34.5. The normalized spacial score (nSPS) is 10.2. The summed E-state index contributed by atoms with van der Waals surface area (Å²) in [7, 11) is 1.12. The highest BCUT2D eigenvalue weighted by molar-refractivity contribution is 5.92. The van der Waals surface area contributed by atoms with Crippen molar-refractivity contribution in [3.8, 4) is 11.8 Å². The Balaban J connectivity index is 2.28. The zero-order valence-electron chi connectivity index (χ0n) is 13.9. The summed E-state index contributed by atoms with van der Waals surface area (Å²) in [5, 5.41) is 11.3. The highest BCUT2D eigenvalue weighted by atomic mass is 19.3. The van der Waals surface area contributed by atoms with Crippen molar-refractivity contribution in [3.63, 3.8) is 0 Å². The second kappa shape index (κ2) is 8.57. The van der Waals surface area contributed by atoms with E-state index in [1.165, 1.54) is 24.3 Å². The number of hydrogen-bond donors (Lipinski definition) is 1. The van der Waals surface area contributed by atoms with E-state index < -0.39 is 30.6 Å². The molecule has 1 heterocycles. The maximum Gasteiger partial charge on any atom is 0.387 e. The number of para-hydroxylation sites is 2. The monoisotopic (exact) mass is 377 g/mol. The molecule has 8 nitrogen and oxygen atoms in total. The third-order valence-corrected chi connectivity index (χ3v) is 3.32. The van der Waals surface area contributed by atoms with Gasteiger partial charge in [0.1, 0.15) is 23.9 Å². The second-order valence-electron chi connectivity index (χ2n) is 5.10. The lowest BCUT2D eigenvalue weighted by Crippen LogP contribution is -2.30. The number of ether oxygens (including phenoxy) is 2. The number of hydrogen-bond acceptors (Lipinski definition) is 6. The van der Waals surface area contributed by atoms with Crippen molar-refractivity contribution in [3.05, 3.63) is 58.0 Å². The van der Waals surface area contributed by atoms with Gasteiger partial charge in [-0.25, -0.2) is 4.79 Å². The Morgan fingerprint density at radius 1 is 1.33 bits per heavy atom. The minimum atomic E-state index is -3.08.